The summed E-state index contributed by atoms with van der Waals surface area (Å²) in [6, 6.07) is 9.51. The maximum Gasteiger partial charge on any atom is 0.417 e. The predicted molar refractivity (Wildman–Crippen MR) is 145 cm³/mol. The Balaban J connectivity index is 1.28. The molecular weight excluding hydrogens is 521 g/mol. The van der Waals surface area contributed by atoms with Crippen molar-refractivity contribution >= 4 is 17.6 Å². The molecule has 1 amide bonds. The smallest absolute Gasteiger partial charge is 0.417 e. The van der Waals surface area contributed by atoms with E-state index in [9.17, 15) is 27.9 Å². The molecular formula is C30H33F3N4O3. The minimum absolute atomic E-state index is 0.0888. The van der Waals surface area contributed by atoms with E-state index in [-0.39, 0.29) is 24.5 Å². The average molecular weight is 555 g/mol. The molecule has 1 aliphatic carbocycles. The van der Waals surface area contributed by atoms with Crippen LogP contribution in [0.25, 0.3) is 0 Å². The van der Waals surface area contributed by atoms with Gasteiger partial charge < -0.3 is 19.8 Å². The number of carboxylic acid groups (broad SMARTS) is 1. The number of carboxylic acids is 1. The number of piperidine rings is 1. The molecule has 3 heterocycles. The normalized spacial score (nSPS) is 19.7. The monoisotopic (exact) mass is 554 g/mol. The van der Waals surface area contributed by atoms with Gasteiger partial charge in [0.2, 0.25) is 0 Å². The number of benzene rings is 1. The number of rotatable bonds is 5. The minimum Gasteiger partial charge on any atom is -0.478 e. The number of anilines is 1. The summed E-state index contributed by atoms with van der Waals surface area (Å²) in [5.41, 5.74) is 3.74. The third-order valence-corrected chi connectivity index (χ3v) is 8.27. The molecule has 212 valence electrons. The molecule has 1 atom stereocenters. The Labute approximate surface area is 231 Å². The molecule has 2 aromatic rings. The summed E-state index contributed by atoms with van der Waals surface area (Å²) >= 11 is 0. The number of carbonyl (C=O) groups excluding carboxylic acids is 1. The Morgan fingerprint density at radius 2 is 1.73 bits per heavy atom. The fourth-order valence-corrected chi connectivity index (χ4v) is 6.19. The van der Waals surface area contributed by atoms with Crippen molar-refractivity contribution in [3.8, 4) is 0 Å². The van der Waals surface area contributed by atoms with Crippen LogP contribution in [-0.2, 0) is 11.2 Å². The van der Waals surface area contributed by atoms with Crippen molar-refractivity contribution < 1.29 is 27.9 Å². The summed E-state index contributed by atoms with van der Waals surface area (Å²) in [4.78, 5) is 35.4. The molecule has 0 saturated carbocycles. The van der Waals surface area contributed by atoms with Gasteiger partial charge in [-0.25, -0.2) is 4.79 Å². The van der Waals surface area contributed by atoms with Crippen molar-refractivity contribution in [3.63, 3.8) is 0 Å². The third kappa shape index (κ3) is 5.44. The Bertz CT molecular complexity index is 1370. The van der Waals surface area contributed by atoms with Crippen LogP contribution in [0.1, 0.15) is 58.2 Å². The number of aryl methyl sites for hydroxylation is 3. The van der Waals surface area contributed by atoms with Crippen molar-refractivity contribution in [3.05, 3.63) is 81.8 Å². The molecule has 1 unspecified atom stereocenters. The quantitative estimate of drug-likeness (QED) is 0.548. The number of carbonyl (C=O) groups is 2. The van der Waals surface area contributed by atoms with E-state index in [1.54, 1.807) is 9.80 Å². The van der Waals surface area contributed by atoms with Crippen LogP contribution in [0.3, 0.4) is 0 Å². The first-order valence-electron chi connectivity index (χ1n) is 13.5. The van der Waals surface area contributed by atoms with Gasteiger partial charge in [0.1, 0.15) is 0 Å². The topological polar surface area (TPSA) is 77.0 Å². The Kier molecular flexibility index (Phi) is 7.37. The number of fused-ring (bicyclic) bond motifs is 1. The van der Waals surface area contributed by atoms with Crippen LogP contribution in [0.2, 0.25) is 0 Å². The lowest BCUT2D eigenvalue weighted by molar-refractivity contribution is -0.134. The van der Waals surface area contributed by atoms with E-state index >= 15 is 0 Å². The van der Waals surface area contributed by atoms with Crippen LogP contribution >= 0.6 is 0 Å². The Morgan fingerprint density at radius 1 is 1.05 bits per heavy atom. The first-order valence-corrected chi connectivity index (χ1v) is 13.5. The highest BCUT2D eigenvalue weighted by molar-refractivity contribution is 5.94. The minimum atomic E-state index is -4.74. The maximum absolute atomic E-state index is 13.5. The van der Waals surface area contributed by atoms with E-state index in [0.717, 1.165) is 60.2 Å². The zero-order valence-electron chi connectivity index (χ0n) is 22.8. The number of aromatic nitrogens is 1. The van der Waals surface area contributed by atoms with E-state index in [1.807, 2.05) is 39.1 Å². The average Bonchev–Trinajstić information content (AvgIpc) is 3.34. The van der Waals surface area contributed by atoms with Gasteiger partial charge in [-0.3, -0.25) is 9.78 Å². The zero-order chi connectivity index (χ0) is 28.8. The molecule has 1 saturated heterocycles. The van der Waals surface area contributed by atoms with Gasteiger partial charge in [0.25, 0.3) is 5.91 Å². The highest BCUT2D eigenvalue weighted by Gasteiger charge is 2.40. The molecule has 0 spiro atoms. The molecule has 1 N–H and O–H groups in total. The Hall–Kier alpha value is -3.82. The number of nitrogens with zero attached hydrogens (tertiary/aromatic N) is 4. The van der Waals surface area contributed by atoms with Crippen molar-refractivity contribution in [2.45, 2.75) is 57.8 Å². The van der Waals surface area contributed by atoms with Crippen molar-refractivity contribution in [2.24, 2.45) is 0 Å². The number of hydrogen-bond donors (Lipinski definition) is 1. The number of pyridine rings is 1. The molecule has 1 aromatic heterocycles. The van der Waals surface area contributed by atoms with Crippen LogP contribution in [0.15, 0.2) is 53.8 Å². The summed E-state index contributed by atoms with van der Waals surface area (Å²) in [6.07, 6.45) is 0.443. The van der Waals surface area contributed by atoms with Gasteiger partial charge in [-0.2, -0.15) is 13.2 Å². The predicted octanol–water partition coefficient (Wildman–Crippen LogP) is 5.20. The van der Waals surface area contributed by atoms with Crippen LogP contribution in [0.5, 0.6) is 0 Å². The summed E-state index contributed by atoms with van der Waals surface area (Å²) in [6.45, 7) is 5.29. The van der Waals surface area contributed by atoms with Crippen LogP contribution in [0, 0.1) is 13.8 Å². The molecule has 10 heteroatoms. The van der Waals surface area contributed by atoms with E-state index in [1.165, 1.54) is 6.20 Å². The maximum atomic E-state index is 13.5. The molecule has 3 aliphatic rings. The van der Waals surface area contributed by atoms with Crippen molar-refractivity contribution in [1.82, 2.24) is 14.8 Å². The van der Waals surface area contributed by atoms with Gasteiger partial charge in [0.05, 0.1) is 23.7 Å². The number of allylic oxidation sites excluding steroid dienone is 2. The van der Waals surface area contributed by atoms with Gasteiger partial charge >= 0.3 is 12.1 Å². The number of aliphatic carboxylic acids is 1. The molecule has 0 radical (unpaired) electrons. The first kappa shape index (κ1) is 27.7. The number of hydrogen-bond acceptors (Lipinski definition) is 5. The second kappa shape index (κ2) is 10.6. The molecule has 1 aromatic carbocycles. The van der Waals surface area contributed by atoms with Crippen LogP contribution in [0.4, 0.5) is 18.9 Å². The first-order chi connectivity index (χ1) is 18.9. The number of amides is 1. The lowest BCUT2D eigenvalue weighted by Crippen LogP contribution is -2.45. The highest BCUT2D eigenvalue weighted by Crippen LogP contribution is 2.40. The van der Waals surface area contributed by atoms with E-state index < -0.39 is 23.3 Å². The summed E-state index contributed by atoms with van der Waals surface area (Å²) in [5, 5.41) is 9.46. The summed E-state index contributed by atoms with van der Waals surface area (Å²) < 4.78 is 40.1. The highest BCUT2D eigenvalue weighted by atomic mass is 19.4. The molecule has 5 rings (SSSR count). The van der Waals surface area contributed by atoms with Crippen LogP contribution < -0.4 is 4.90 Å². The van der Waals surface area contributed by atoms with Gasteiger partial charge in [-0.05, 0) is 81.0 Å². The standard InChI is InChI=1S/C30H33F3N4O3/c1-18-14-23(15-19(2)34-18)36-11-8-22(9-12-36)35(3)28(38)21-5-4-20-6-7-27(24(20)16-21)37-13-10-26(30(31,32)33)25(17-37)29(39)40/h4-5,10,13-16,22,27H,6-9,11-12,17H2,1-3H3,(H,39,40). The Morgan fingerprint density at radius 3 is 2.35 bits per heavy atom. The van der Waals surface area contributed by atoms with Gasteiger partial charge in [0, 0.05) is 55.0 Å². The fraction of sp³-hybridized carbons (Fsp3) is 0.433. The number of halogens is 3. The fourth-order valence-electron chi connectivity index (χ4n) is 6.19. The number of alkyl halides is 3. The second-order valence-corrected chi connectivity index (χ2v) is 10.9. The third-order valence-electron chi connectivity index (χ3n) is 8.27. The van der Waals surface area contributed by atoms with E-state index in [4.69, 9.17) is 0 Å². The zero-order valence-corrected chi connectivity index (χ0v) is 22.8. The van der Waals surface area contributed by atoms with Gasteiger partial charge in [-0.1, -0.05) is 6.07 Å². The summed E-state index contributed by atoms with van der Waals surface area (Å²) in [7, 11) is 1.82. The van der Waals surface area contributed by atoms with Gasteiger partial charge in [0.15, 0.2) is 0 Å². The molecule has 2 aliphatic heterocycles. The lowest BCUT2D eigenvalue weighted by Gasteiger charge is -2.38. The molecule has 1 fully saturated rings. The van der Waals surface area contributed by atoms with E-state index in [0.29, 0.717) is 18.4 Å². The van der Waals surface area contributed by atoms with Gasteiger partial charge in [-0.15, -0.1) is 0 Å². The van der Waals surface area contributed by atoms with Crippen molar-refractivity contribution in [1.29, 1.82) is 0 Å². The van der Waals surface area contributed by atoms with Crippen molar-refractivity contribution in [2.75, 3.05) is 31.6 Å². The van der Waals surface area contributed by atoms with Crippen LogP contribution in [-0.4, -0.2) is 70.7 Å². The van der Waals surface area contributed by atoms with E-state index in [2.05, 4.69) is 22.0 Å². The second-order valence-electron chi connectivity index (χ2n) is 10.9. The SMILES string of the molecule is Cc1cc(N2CCC(N(C)C(=O)c3ccc4c(c3)C(N3C=CC(C(F)(F)F)=C(C(=O)O)C3)CC4)CC2)cc(C)n1. The largest absolute Gasteiger partial charge is 0.478 e. The lowest BCUT2D eigenvalue weighted by atomic mass is 9.98. The summed E-state index contributed by atoms with van der Waals surface area (Å²) in [5.74, 6) is -1.67. The molecule has 7 nitrogen and oxygen atoms in total. The molecule has 0 bridgehead atoms. The molecule has 40 heavy (non-hydrogen) atoms.